The van der Waals surface area contributed by atoms with Gasteiger partial charge in [0.15, 0.2) is 5.69 Å². The van der Waals surface area contributed by atoms with Crippen molar-refractivity contribution < 1.29 is 9.90 Å². The summed E-state index contributed by atoms with van der Waals surface area (Å²) in [5.41, 5.74) is 10.1. The van der Waals surface area contributed by atoms with Crippen LogP contribution in [0.4, 0.5) is 11.6 Å². The van der Waals surface area contributed by atoms with Crippen molar-refractivity contribution in [2.45, 2.75) is 0 Å². The molecule has 58 valence electrons. The molecule has 1 aromatic rings. The zero-order valence-electron chi connectivity index (χ0n) is 5.48. The average molecular weight is 154 g/mol. The quantitative estimate of drug-likeness (QED) is 0.494. The summed E-state index contributed by atoms with van der Waals surface area (Å²) in [5, 5.41) is 8.46. The molecule has 1 heterocycles. The Morgan fingerprint density at radius 3 is 2.64 bits per heavy atom. The first-order chi connectivity index (χ1) is 5.11. The largest absolute Gasteiger partial charge is 0.476 e. The number of nitrogens with two attached hydrogens (primary N) is 2. The molecular weight excluding hydrogens is 148 g/mol. The van der Waals surface area contributed by atoms with Gasteiger partial charge in [0, 0.05) is 0 Å². The highest BCUT2D eigenvalue weighted by Crippen LogP contribution is 2.06. The van der Waals surface area contributed by atoms with Crippen molar-refractivity contribution in [3.8, 4) is 0 Å². The molecule has 5 N–H and O–H groups in total. The number of carbonyl (C=O) groups is 1. The predicted molar refractivity (Wildman–Crippen MR) is 37.8 cm³/mol. The van der Waals surface area contributed by atoms with Gasteiger partial charge in [0.1, 0.15) is 0 Å². The van der Waals surface area contributed by atoms with Gasteiger partial charge in [0.25, 0.3) is 0 Å². The van der Waals surface area contributed by atoms with Gasteiger partial charge in [-0.15, -0.1) is 0 Å². The molecule has 0 radical (unpaired) electrons. The molecule has 6 heteroatoms. The Hall–Kier alpha value is -1.85. The van der Waals surface area contributed by atoms with Crippen LogP contribution in [-0.2, 0) is 0 Å². The normalized spacial score (nSPS) is 9.45. The summed E-state index contributed by atoms with van der Waals surface area (Å²) < 4.78 is 0. The van der Waals surface area contributed by atoms with Gasteiger partial charge in [-0.1, -0.05) is 0 Å². The third-order valence-corrected chi connectivity index (χ3v) is 1.04. The number of aromatic carboxylic acids is 1. The van der Waals surface area contributed by atoms with Crippen molar-refractivity contribution in [3.05, 3.63) is 11.9 Å². The minimum absolute atomic E-state index is 0.00620. The van der Waals surface area contributed by atoms with E-state index < -0.39 is 5.97 Å². The molecule has 0 aliphatic carbocycles. The van der Waals surface area contributed by atoms with E-state index in [-0.39, 0.29) is 17.3 Å². The van der Waals surface area contributed by atoms with Crippen molar-refractivity contribution in [3.63, 3.8) is 0 Å². The Morgan fingerprint density at radius 2 is 2.18 bits per heavy atom. The summed E-state index contributed by atoms with van der Waals surface area (Å²) >= 11 is 0. The SMILES string of the molecule is Nc1ncc(N)c(C(=O)O)n1. The Labute approximate surface area is 61.9 Å². The zero-order chi connectivity index (χ0) is 8.43. The maximum Gasteiger partial charge on any atom is 0.356 e. The second-order valence-electron chi connectivity index (χ2n) is 1.84. The molecule has 0 saturated carbocycles. The molecule has 11 heavy (non-hydrogen) atoms. The standard InChI is InChI=1S/C5H6N4O2/c6-2-1-8-5(7)9-3(2)4(10)11/h1H,6H2,(H,10,11)(H2,7,8,9). The van der Waals surface area contributed by atoms with Crippen molar-refractivity contribution >= 4 is 17.6 Å². The van der Waals surface area contributed by atoms with Gasteiger partial charge >= 0.3 is 5.97 Å². The molecule has 0 unspecified atom stereocenters. The van der Waals surface area contributed by atoms with E-state index in [0.717, 1.165) is 6.20 Å². The lowest BCUT2D eigenvalue weighted by molar-refractivity contribution is 0.0691. The molecule has 0 spiro atoms. The highest BCUT2D eigenvalue weighted by molar-refractivity contribution is 5.91. The lowest BCUT2D eigenvalue weighted by atomic mass is 10.3. The second-order valence-corrected chi connectivity index (χ2v) is 1.84. The molecular formula is C5H6N4O2. The highest BCUT2D eigenvalue weighted by Gasteiger charge is 2.09. The van der Waals surface area contributed by atoms with E-state index in [1.54, 1.807) is 0 Å². The molecule has 0 amide bonds. The Kier molecular flexibility index (Phi) is 1.59. The summed E-state index contributed by atoms with van der Waals surface area (Å²) in [6, 6.07) is 0. The van der Waals surface area contributed by atoms with Crippen molar-refractivity contribution in [2.24, 2.45) is 0 Å². The smallest absolute Gasteiger partial charge is 0.356 e. The summed E-state index contributed by atoms with van der Waals surface area (Å²) in [4.78, 5) is 17.3. The Balaban J connectivity index is 3.23. The molecule has 0 atom stereocenters. The minimum atomic E-state index is -1.21. The molecule has 0 aromatic carbocycles. The van der Waals surface area contributed by atoms with Crippen molar-refractivity contribution in [1.29, 1.82) is 0 Å². The van der Waals surface area contributed by atoms with Gasteiger partial charge < -0.3 is 16.6 Å². The first-order valence-corrected chi connectivity index (χ1v) is 2.72. The van der Waals surface area contributed by atoms with Crippen LogP contribution in [0.2, 0.25) is 0 Å². The molecule has 0 aliphatic rings. The minimum Gasteiger partial charge on any atom is -0.476 e. The number of rotatable bonds is 1. The molecule has 0 fully saturated rings. The number of nitrogen functional groups attached to an aromatic ring is 2. The van der Waals surface area contributed by atoms with E-state index in [1.807, 2.05) is 0 Å². The van der Waals surface area contributed by atoms with Gasteiger partial charge in [-0.25, -0.2) is 14.8 Å². The summed E-state index contributed by atoms with van der Waals surface area (Å²) in [7, 11) is 0. The number of nitrogens with zero attached hydrogens (tertiary/aromatic N) is 2. The predicted octanol–water partition coefficient (Wildman–Crippen LogP) is -0.661. The summed E-state index contributed by atoms with van der Waals surface area (Å²) in [5.74, 6) is -1.31. The first-order valence-electron chi connectivity index (χ1n) is 2.72. The fourth-order valence-corrected chi connectivity index (χ4v) is 0.576. The maximum absolute atomic E-state index is 10.3. The molecule has 1 rings (SSSR count). The zero-order valence-corrected chi connectivity index (χ0v) is 5.48. The van der Waals surface area contributed by atoms with Crippen LogP contribution in [0, 0.1) is 0 Å². The molecule has 0 bridgehead atoms. The van der Waals surface area contributed by atoms with E-state index in [9.17, 15) is 4.79 Å². The van der Waals surface area contributed by atoms with Crippen molar-refractivity contribution in [2.75, 3.05) is 11.5 Å². The number of aromatic nitrogens is 2. The Morgan fingerprint density at radius 1 is 1.55 bits per heavy atom. The van der Waals surface area contributed by atoms with Crippen LogP contribution in [0.1, 0.15) is 10.5 Å². The molecule has 0 saturated heterocycles. The first kappa shape index (κ1) is 7.26. The number of carboxylic acid groups (broad SMARTS) is 1. The van der Waals surface area contributed by atoms with Crippen LogP contribution < -0.4 is 11.5 Å². The molecule has 0 aliphatic heterocycles. The fourth-order valence-electron chi connectivity index (χ4n) is 0.576. The molecule has 6 nitrogen and oxygen atoms in total. The number of hydrogen-bond acceptors (Lipinski definition) is 5. The lowest BCUT2D eigenvalue weighted by Gasteiger charge is -1.97. The van der Waals surface area contributed by atoms with Crippen LogP contribution in [-0.4, -0.2) is 21.0 Å². The van der Waals surface area contributed by atoms with Crippen LogP contribution >= 0.6 is 0 Å². The van der Waals surface area contributed by atoms with E-state index >= 15 is 0 Å². The van der Waals surface area contributed by atoms with Gasteiger partial charge in [-0.2, -0.15) is 0 Å². The van der Waals surface area contributed by atoms with Crippen LogP contribution in [0.5, 0.6) is 0 Å². The van der Waals surface area contributed by atoms with E-state index in [2.05, 4.69) is 9.97 Å². The second kappa shape index (κ2) is 2.41. The monoisotopic (exact) mass is 154 g/mol. The topological polar surface area (TPSA) is 115 Å². The summed E-state index contributed by atoms with van der Waals surface area (Å²) in [6.45, 7) is 0. The molecule has 1 aromatic heterocycles. The van der Waals surface area contributed by atoms with Crippen molar-refractivity contribution in [1.82, 2.24) is 9.97 Å². The van der Waals surface area contributed by atoms with Crippen LogP contribution in [0.25, 0.3) is 0 Å². The number of hydrogen-bond donors (Lipinski definition) is 3. The number of carboxylic acids is 1. The van der Waals surface area contributed by atoms with Gasteiger partial charge in [0.05, 0.1) is 11.9 Å². The lowest BCUT2D eigenvalue weighted by Crippen LogP contribution is -2.08. The van der Waals surface area contributed by atoms with E-state index in [4.69, 9.17) is 16.6 Å². The van der Waals surface area contributed by atoms with E-state index in [1.165, 1.54) is 0 Å². The summed E-state index contributed by atoms with van der Waals surface area (Å²) in [6.07, 6.45) is 1.16. The Bertz CT molecular complexity index is 299. The van der Waals surface area contributed by atoms with Crippen LogP contribution in [0.3, 0.4) is 0 Å². The van der Waals surface area contributed by atoms with Crippen LogP contribution in [0.15, 0.2) is 6.20 Å². The van der Waals surface area contributed by atoms with Gasteiger partial charge in [0.2, 0.25) is 5.95 Å². The van der Waals surface area contributed by atoms with Gasteiger partial charge in [-0.05, 0) is 0 Å². The third-order valence-electron chi connectivity index (χ3n) is 1.04. The highest BCUT2D eigenvalue weighted by atomic mass is 16.4. The number of anilines is 2. The fraction of sp³-hybridized carbons (Fsp3) is 0. The maximum atomic E-state index is 10.3. The average Bonchev–Trinajstić information content (AvgIpc) is 1.94. The van der Waals surface area contributed by atoms with E-state index in [0.29, 0.717) is 0 Å². The van der Waals surface area contributed by atoms with Gasteiger partial charge in [-0.3, -0.25) is 0 Å². The third kappa shape index (κ3) is 1.34.